The molecule has 1 atom stereocenters. The largest absolute Gasteiger partial charge is 0.378 e. The molecular weight excluding hydrogens is 328 g/mol. The summed E-state index contributed by atoms with van der Waals surface area (Å²) in [5.41, 5.74) is 0. The van der Waals surface area contributed by atoms with Gasteiger partial charge >= 0.3 is 0 Å². The van der Waals surface area contributed by atoms with Crippen LogP contribution in [-0.4, -0.2) is 64.7 Å². The van der Waals surface area contributed by atoms with Crippen molar-refractivity contribution in [3.63, 3.8) is 0 Å². The van der Waals surface area contributed by atoms with Crippen molar-refractivity contribution in [2.75, 3.05) is 32.8 Å². The molecule has 0 spiro atoms. The summed E-state index contributed by atoms with van der Waals surface area (Å²) in [6, 6.07) is 3.85. The number of morpholine rings is 1. The van der Waals surface area contributed by atoms with Crippen molar-refractivity contribution in [2.45, 2.75) is 25.4 Å². The van der Waals surface area contributed by atoms with Gasteiger partial charge in [0.1, 0.15) is 0 Å². The number of carbonyl (C=O) groups excluding carboxylic acids is 1. The van der Waals surface area contributed by atoms with Gasteiger partial charge in [0.25, 0.3) is 0 Å². The monoisotopic (exact) mass is 348 g/mol. The lowest BCUT2D eigenvalue weighted by Gasteiger charge is -2.32. The summed E-state index contributed by atoms with van der Waals surface area (Å²) in [5, 5.41) is 6.04. The van der Waals surface area contributed by atoms with Gasteiger partial charge in [-0.2, -0.15) is 4.98 Å². The fraction of sp³-hybridized carbons (Fsp3) is 0.562. The van der Waals surface area contributed by atoms with Gasteiger partial charge in [0.15, 0.2) is 0 Å². The molecule has 4 rings (SSSR count). The molecule has 4 heterocycles. The number of likely N-dealkylation sites (tertiary alicyclic amines) is 1. The van der Waals surface area contributed by atoms with E-state index in [-0.39, 0.29) is 11.9 Å². The zero-order valence-corrected chi connectivity index (χ0v) is 14.2. The van der Waals surface area contributed by atoms with Crippen LogP contribution >= 0.6 is 11.3 Å². The molecule has 2 saturated heterocycles. The first kappa shape index (κ1) is 15.7. The van der Waals surface area contributed by atoms with E-state index in [4.69, 9.17) is 9.26 Å². The minimum atomic E-state index is -0.0832. The lowest BCUT2D eigenvalue weighted by atomic mass is 10.2. The number of aromatic nitrogens is 2. The average Bonchev–Trinajstić information content (AvgIpc) is 3.37. The van der Waals surface area contributed by atoms with Gasteiger partial charge < -0.3 is 14.2 Å². The Hall–Kier alpha value is -1.77. The van der Waals surface area contributed by atoms with Gasteiger partial charge in [-0.05, 0) is 30.8 Å². The molecule has 128 valence electrons. The number of hydrogen-bond donors (Lipinski definition) is 0. The first-order valence-electron chi connectivity index (χ1n) is 8.28. The molecule has 2 aromatic heterocycles. The Morgan fingerprint density at radius 1 is 1.33 bits per heavy atom. The van der Waals surface area contributed by atoms with Crippen molar-refractivity contribution in [1.82, 2.24) is 19.9 Å². The normalized spacial score (nSPS) is 22.2. The predicted octanol–water partition coefficient (Wildman–Crippen LogP) is 1.62. The third-order valence-electron chi connectivity index (χ3n) is 4.52. The van der Waals surface area contributed by atoms with Crippen molar-refractivity contribution in [1.29, 1.82) is 0 Å². The highest BCUT2D eigenvalue weighted by Crippen LogP contribution is 2.24. The first-order chi connectivity index (χ1) is 11.8. The average molecular weight is 348 g/mol. The van der Waals surface area contributed by atoms with Crippen LogP contribution in [0.3, 0.4) is 0 Å². The molecule has 8 heteroatoms. The van der Waals surface area contributed by atoms with Crippen LogP contribution in [0, 0.1) is 0 Å². The van der Waals surface area contributed by atoms with Crippen molar-refractivity contribution in [3.05, 3.63) is 23.4 Å². The van der Waals surface area contributed by atoms with Crippen LogP contribution in [0.1, 0.15) is 18.7 Å². The maximum atomic E-state index is 12.8. The van der Waals surface area contributed by atoms with Gasteiger partial charge in [-0.3, -0.25) is 9.69 Å². The van der Waals surface area contributed by atoms with Crippen molar-refractivity contribution < 1.29 is 14.1 Å². The molecule has 2 aromatic rings. The van der Waals surface area contributed by atoms with E-state index in [1.54, 1.807) is 11.3 Å². The molecule has 1 amide bonds. The summed E-state index contributed by atoms with van der Waals surface area (Å²) in [6.45, 7) is 4.05. The van der Waals surface area contributed by atoms with Crippen LogP contribution in [-0.2, 0) is 16.1 Å². The Balaban J connectivity index is 1.42. The summed E-state index contributed by atoms with van der Waals surface area (Å²) in [7, 11) is 0. The van der Waals surface area contributed by atoms with Gasteiger partial charge in [0, 0.05) is 13.1 Å². The molecule has 0 saturated carbocycles. The van der Waals surface area contributed by atoms with E-state index >= 15 is 0 Å². The topological polar surface area (TPSA) is 71.7 Å². The molecule has 0 aromatic carbocycles. The van der Waals surface area contributed by atoms with E-state index in [2.05, 4.69) is 15.0 Å². The Bertz CT molecular complexity index is 681. The molecule has 2 fully saturated rings. The van der Waals surface area contributed by atoms with Crippen molar-refractivity contribution >= 4 is 17.2 Å². The molecule has 0 bridgehead atoms. The highest BCUT2D eigenvalue weighted by atomic mass is 32.1. The number of nitrogens with zero attached hydrogens (tertiary/aromatic N) is 4. The zero-order valence-electron chi connectivity index (χ0n) is 13.4. The molecule has 2 aliphatic rings. The number of ether oxygens (including phenoxy) is 1. The maximum Gasteiger partial charge on any atom is 0.241 e. The second-order valence-corrected chi connectivity index (χ2v) is 7.00. The van der Waals surface area contributed by atoms with Gasteiger partial charge in [0.2, 0.25) is 17.6 Å². The van der Waals surface area contributed by atoms with Crippen LogP contribution in [0.5, 0.6) is 0 Å². The van der Waals surface area contributed by atoms with E-state index in [1.807, 2.05) is 22.4 Å². The number of thiophene rings is 1. The summed E-state index contributed by atoms with van der Waals surface area (Å²) < 4.78 is 10.7. The van der Waals surface area contributed by atoms with Crippen LogP contribution in [0.25, 0.3) is 10.7 Å². The zero-order chi connectivity index (χ0) is 16.4. The quantitative estimate of drug-likeness (QED) is 0.836. The Kier molecular flexibility index (Phi) is 4.59. The molecule has 24 heavy (non-hydrogen) atoms. The Labute approximate surface area is 144 Å². The molecule has 0 aliphatic carbocycles. The molecule has 0 radical (unpaired) electrons. The number of carbonyl (C=O) groups is 1. The predicted molar refractivity (Wildman–Crippen MR) is 88.4 cm³/mol. The highest BCUT2D eigenvalue weighted by Gasteiger charge is 2.35. The second kappa shape index (κ2) is 7.00. The maximum absolute atomic E-state index is 12.8. The summed E-state index contributed by atoms with van der Waals surface area (Å²) in [4.78, 5) is 22.3. The first-order valence-corrected chi connectivity index (χ1v) is 9.16. The van der Waals surface area contributed by atoms with Gasteiger partial charge in [-0.1, -0.05) is 11.2 Å². The van der Waals surface area contributed by atoms with E-state index in [9.17, 15) is 4.79 Å². The SMILES string of the molecule is O=C([C@H]1CCCN1Cc1nc(-c2cccs2)no1)N1CCOCC1. The van der Waals surface area contributed by atoms with Crippen molar-refractivity contribution in [2.24, 2.45) is 0 Å². The fourth-order valence-electron chi connectivity index (χ4n) is 3.29. The van der Waals surface area contributed by atoms with Gasteiger partial charge in [0.05, 0.1) is 30.7 Å². The van der Waals surface area contributed by atoms with Crippen LogP contribution < -0.4 is 0 Å². The number of rotatable bonds is 4. The molecule has 0 unspecified atom stereocenters. The number of hydrogen-bond acceptors (Lipinski definition) is 7. The summed E-state index contributed by atoms with van der Waals surface area (Å²) in [5.74, 6) is 1.39. The van der Waals surface area contributed by atoms with E-state index in [0.717, 1.165) is 24.3 Å². The van der Waals surface area contributed by atoms with E-state index in [0.29, 0.717) is 44.6 Å². The van der Waals surface area contributed by atoms with Crippen LogP contribution in [0.15, 0.2) is 22.0 Å². The van der Waals surface area contributed by atoms with Crippen LogP contribution in [0.2, 0.25) is 0 Å². The lowest BCUT2D eigenvalue weighted by molar-refractivity contribution is -0.140. The summed E-state index contributed by atoms with van der Waals surface area (Å²) in [6.07, 6.45) is 1.91. The van der Waals surface area contributed by atoms with E-state index in [1.165, 1.54) is 0 Å². The van der Waals surface area contributed by atoms with E-state index < -0.39 is 0 Å². The van der Waals surface area contributed by atoms with Crippen LogP contribution in [0.4, 0.5) is 0 Å². The smallest absolute Gasteiger partial charge is 0.241 e. The minimum absolute atomic E-state index is 0.0832. The molecular formula is C16H20N4O3S. The molecule has 7 nitrogen and oxygen atoms in total. The highest BCUT2D eigenvalue weighted by molar-refractivity contribution is 7.13. The Morgan fingerprint density at radius 2 is 2.21 bits per heavy atom. The van der Waals surface area contributed by atoms with Gasteiger partial charge in [-0.25, -0.2) is 0 Å². The second-order valence-electron chi connectivity index (χ2n) is 6.06. The third-order valence-corrected chi connectivity index (χ3v) is 5.39. The van der Waals surface area contributed by atoms with Crippen molar-refractivity contribution in [3.8, 4) is 10.7 Å². The Morgan fingerprint density at radius 3 is 3.00 bits per heavy atom. The summed E-state index contributed by atoms with van der Waals surface area (Å²) >= 11 is 1.59. The molecule has 2 aliphatic heterocycles. The lowest BCUT2D eigenvalue weighted by Crippen LogP contribution is -2.49. The van der Waals surface area contributed by atoms with Gasteiger partial charge in [-0.15, -0.1) is 11.3 Å². The molecule has 0 N–H and O–H groups in total. The fourth-order valence-corrected chi connectivity index (χ4v) is 3.94. The third kappa shape index (κ3) is 3.22. The standard InChI is InChI=1S/C16H20N4O3S/c21-16(19-6-8-22-9-7-19)12-3-1-5-20(12)11-14-17-15(18-23-14)13-4-2-10-24-13/h2,4,10,12H,1,3,5-9,11H2/t12-/m1/s1. The minimum Gasteiger partial charge on any atom is -0.378 e. The number of amides is 1.